The van der Waals surface area contributed by atoms with E-state index in [1.807, 2.05) is 5.32 Å². The summed E-state index contributed by atoms with van der Waals surface area (Å²) >= 11 is 0. The molecule has 1 heterocycles. The third kappa shape index (κ3) is 5.17. The molecular formula is C19H20F3N3O5. The van der Waals surface area contributed by atoms with Crippen LogP contribution in [0.5, 0.6) is 0 Å². The van der Waals surface area contributed by atoms with Crippen LogP contribution >= 0.6 is 0 Å². The maximum atomic E-state index is 13.6. The number of aromatic nitrogens is 1. The molecule has 0 unspecified atom stereocenters. The predicted octanol–water partition coefficient (Wildman–Crippen LogP) is 2.22. The quantitative estimate of drug-likeness (QED) is 0.340. The first kappa shape index (κ1) is 22.9. The van der Waals surface area contributed by atoms with Crippen molar-refractivity contribution in [3.05, 3.63) is 52.1 Å². The molecule has 0 saturated carbocycles. The maximum Gasteiger partial charge on any atom is 0.340 e. The fourth-order valence-electron chi connectivity index (χ4n) is 2.64. The summed E-state index contributed by atoms with van der Waals surface area (Å²) < 4.78 is 49.6. The lowest BCUT2D eigenvalue weighted by atomic mass is 10.1. The first-order chi connectivity index (χ1) is 14.2. The molecule has 0 aliphatic rings. The van der Waals surface area contributed by atoms with E-state index in [1.54, 1.807) is 6.92 Å². The van der Waals surface area contributed by atoms with Crippen LogP contribution in [0.4, 0.5) is 18.9 Å². The minimum Gasteiger partial charge on any atom is -0.460 e. The minimum atomic E-state index is -1.72. The Morgan fingerprint density at radius 1 is 1.07 bits per heavy atom. The van der Waals surface area contributed by atoms with E-state index in [4.69, 9.17) is 9.47 Å². The lowest BCUT2D eigenvalue weighted by Crippen LogP contribution is -2.33. The van der Waals surface area contributed by atoms with Gasteiger partial charge < -0.3 is 25.1 Å². The number of aryl methyl sites for hydroxylation is 1. The highest BCUT2D eigenvalue weighted by atomic mass is 19.2. The summed E-state index contributed by atoms with van der Waals surface area (Å²) in [7, 11) is 1.46. The number of ether oxygens (including phenoxy) is 2. The van der Waals surface area contributed by atoms with Gasteiger partial charge in [-0.2, -0.15) is 0 Å². The predicted molar refractivity (Wildman–Crippen MR) is 99.7 cm³/mol. The van der Waals surface area contributed by atoms with E-state index >= 15 is 0 Å². The van der Waals surface area contributed by atoms with E-state index in [2.05, 4.69) is 10.3 Å². The number of rotatable bonds is 8. The van der Waals surface area contributed by atoms with Crippen LogP contribution in [0.2, 0.25) is 0 Å². The molecule has 3 N–H and O–H groups in total. The summed E-state index contributed by atoms with van der Waals surface area (Å²) in [5.74, 6) is -6.88. The molecule has 1 aromatic heterocycles. The van der Waals surface area contributed by atoms with Gasteiger partial charge in [0.15, 0.2) is 17.5 Å². The second-order valence-electron chi connectivity index (χ2n) is 6.21. The zero-order chi connectivity index (χ0) is 22.4. The summed E-state index contributed by atoms with van der Waals surface area (Å²) in [4.78, 5) is 39.2. The van der Waals surface area contributed by atoms with Crippen molar-refractivity contribution in [2.45, 2.75) is 13.8 Å². The molecule has 2 aromatic rings. The Hall–Kier alpha value is -3.34. The molecular weight excluding hydrogens is 407 g/mol. The van der Waals surface area contributed by atoms with Gasteiger partial charge in [-0.1, -0.05) is 0 Å². The highest BCUT2D eigenvalue weighted by Crippen LogP contribution is 2.20. The lowest BCUT2D eigenvalue weighted by Gasteiger charge is -2.08. The number of carbonyl (C=O) groups is 3. The number of benzene rings is 1. The van der Waals surface area contributed by atoms with Crippen molar-refractivity contribution >= 4 is 23.5 Å². The van der Waals surface area contributed by atoms with Gasteiger partial charge in [0.2, 0.25) is 5.91 Å². The van der Waals surface area contributed by atoms with E-state index in [1.165, 1.54) is 14.0 Å². The van der Waals surface area contributed by atoms with Crippen molar-refractivity contribution in [3.63, 3.8) is 0 Å². The van der Waals surface area contributed by atoms with Crippen molar-refractivity contribution in [2.24, 2.45) is 0 Å². The molecule has 0 atom stereocenters. The standard InChI is InChI=1S/C19H20F3N3O5/c1-9-14(19(28)30-7-6-29-3)10(2)24-17(9)18(27)23-8-13(26)25-12-5-4-11(20)15(21)16(12)22/h4-5,24H,6-8H2,1-3H3,(H,23,27)(H,25,26). The lowest BCUT2D eigenvalue weighted by molar-refractivity contribution is -0.115. The number of esters is 1. The molecule has 2 rings (SSSR count). The third-order valence-electron chi connectivity index (χ3n) is 4.11. The Labute approximate surface area is 169 Å². The zero-order valence-electron chi connectivity index (χ0n) is 16.5. The molecule has 30 heavy (non-hydrogen) atoms. The summed E-state index contributed by atoms with van der Waals surface area (Å²) in [6.45, 7) is 2.79. The number of amides is 2. The number of carbonyl (C=O) groups excluding carboxylic acids is 3. The van der Waals surface area contributed by atoms with E-state index in [0.29, 0.717) is 17.3 Å². The highest BCUT2D eigenvalue weighted by molar-refractivity contribution is 6.02. The molecule has 0 saturated heterocycles. The second-order valence-corrected chi connectivity index (χ2v) is 6.21. The number of nitrogens with one attached hydrogen (secondary N) is 3. The maximum absolute atomic E-state index is 13.6. The van der Waals surface area contributed by atoms with E-state index < -0.39 is 47.5 Å². The van der Waals surface area contributed by atoms with Gasteiger partial charge in [-0.05, 0) is 31.5 Å². The molecule has 162 valence electrons. The normalized spacial score (nSPS) is 10.6. The van der Waals surface area contributed by atoms with Gasteiger partial charge in [0.05, 0.1) is 24.4 Å². The van der Waals surface area contributed by atoms with Gasteiger partial charge >= 0.3 is 5.97 Å². The van der Waals surface area contributed by atoms with Gasteiger partial charge in [0.1, 0.15) is 12.3 Å². The van der Waals surface area contributed by atoms with E-state index in [-0.39, 0.29) is 24.5 Å². The average Bonchev–Trinajstić information content (AvgIpc) is 3.01. The Morgan fingerprint density at radius 2 is 1.77 bits per heavy atom. The molecule has 1 aromatic carbocycles. The Morgan fingerprint density at radius 3 is 2.43 bits per heavy atom. The number of halogens is 3. The van der Waals surface area contributed by atoms with Crippen molar-refractivity contribution in [2.75, 3.05) is 32.2 Å². The monoisotopic (exact) mass is 427 g/mol. The Bertz CT molecular complexity index is 975. The van der Waals surface area contributed by atoms with Gasteiger partial charge in [-0.15, -0.1) is 0 Å². The van der Waals surface area contributed by atoms with Gasteiger partial charge in [-0.25, -0.2) is 18.0 Å². The number of H-pyrrole nitrogens is 1. The number of aromatic amines is 1. The Kier molecular flexibility index (Phi) is 7.59. The first-order valence-corrected chi connectivity index (χ1v) is 8.74. The molecule has 0 radical (unpaired) electrons. The average molecular weight is 427 g/mol. The number of hydrogen-bond donors (Lipinski definition) is 3. The SMILES string of the molecule is COCCOC(=O)c1c(C)[nH]c(C(=O)NCC(=O)Nc2ccc(F)c(F)c2F)c1C. The fraction of sp³-hybridized carbons (Fsp3) is 0.316. The molecule has 8 nitrogen and oxygen atoms in total. The first-order valence-electron chi connectivity index (χ1n) is 8.74. The van der Waals surface area contributed by atoms with Crippen LogP contribution in [-0.4, -0.2) is 49.6 Å². The molecule has 0 bridgehead atoms. The van der Waals surface area contributed by atoms with Crippen LogP contribution in [-0.2, 0) is 14.3 Å². The topological polar surface area (TPSA) is 110 Å². The van der Waals surface area contributed by atoms with Crippen LogP contribution in [0.3, 0.4) is 0 Å². The van der Waals surface area contributed by atoms with Crippen LogP contribution in [0.1, 0.15) is 32.1 Å². The highest BCUT2D eigenvalue weighted by Gasteiger charge is 2.23. The zero-order valence-corrected chi connectivity index (χ0v) is 16.5. The number of anilines is 1. The van der Waals surface area contributed by atoms with Crippen LogP contribution < -0.4 is 10.6 Å². The fourth-order valence-corrected chi connectivity index (χ4v) is 2.64. The van der Waals surface area contributed by atoms with Crippen LogP contribution in [0, 0.1) is 31.3 Å². The molecule has 2 amide bonds. The molecule has 11 heteroatoms. The number of methoxy groups -OCH3 is 1. The van der Waals surface area contributed by atoms with Crippen molar-refractivity contribution in [3.8, 4) is 0 Å². The molecule has 0 fully saturated rings. The van der Waals surface area contributed by atoms with Crippen molar-refractivity contribution in [1.82, 2.24) is 10.3 Å². The number of hydrogen-bond acceptors (Lipinski definition) is 5. The summed E-state index contributed by atoms with van der Waals surface area (Å²) in [6.07, 6.45) is 0. The van der Waals surface area contributed by atoms with E-state index in [0.717, 1.165) is 6.07 Å². The summed E-state index contributed by atoms with van der Waals surface area (Å²) in [6, 6.07) is 1.51. The van der Waals surface area contributed by atoms with E-state index in [9.17, 15) is 27.6 Å². The Balaban J connectivity index is 2.01. The summed E-state index contributed by atoms with van der Waals surface area (Å²) in [5.41, 5.74) is 0.372. The van der Waals surface area contributed by atoms with Crippen molar-refractivity contribution < 1.29 is 37.0 Å². The molecule has 0 spiro atoms. The second kappa shape index (κ2) is 9.92. The molecule has 0 aliphatic carbocycles. The smallest absolute Gasteiger partial charge is 0.340 e. The van der Waals surface area contributed by atoms with Gasteiger partial charge in [0.25, 0.3) is 5.91 Å². The van der Waals surface area contributed by atoms with Crippen LogP contribution in [0.15, 0.2) is 12.1 Å². The van der Waals surface area contributed by atoms with Crippen LogP contribution in [0.25, 0.3) is 0 Å². The third-order valence-corrected chi connectivity index (χ3v) is 4.11. The minimum absolute atomic E-state index is 0.0398. The van der Waals surface area contributed by atoms with Gasteiger partial charge in [-0.3, -0.25) is 9.59 Å². The largest absolute Gasteiger partial charge is 0.460 e. The summed E-state index contributed by atoms with van der Waals surface area (Å²) in [5, 5.41) is 4.32. The molecule has 0 aliphatic heterocycles. The van der Waals surface area contributed by atoms with Gasteiger partial charge in [0, 0.05) is 12.8 Å². The van der Waals surface area contributed by atoms with Crippen molar-refractivity contribution in [1.29, 1.82) is 0 Å².